The van der Waals surface area contributed by atoms with Crippen LogP contribution in [0.2, 0.25) is 0 Å². The fourth-order valence-corrected chi connectivity index (χ4v) is 16.3. The molecule has 0 spiro atoms. The molecule has 6 aliphatic heterocycles. The molecule has 6 heterocycles. The van der Waals surface area contributed by atoms with Gasteiger partial charge >= 0.3 is 337 Å². The van der Waals surface area contributed by atoms with E-state index in [1.165, 1.54) is 31.3 Å². The van der Waals surface area contributed by atoms with Gasteiger partial charge in [0.25, 0.3) is 0 Å². The third-order valence-corrected chi connectivity index (χ3v) is 19.2. The summed E-state index contributed by atoms with van der Waals surface area (Å²) in [6, 6.07) is 11.8. The quantitative estimate of drug-likeness (QED) is 0.198. The van der Waals surface area contributed by atoms with E-state index in [1.54, 1.807) is 19.1 Å². The number of benzene rings is 3. The molecule has 0 aliphatic carbocycles. The van der Waals surface area contributed by atoms with Gasteiger partial charge in [-0.1, -0.05) is 0 Å². The van der Waals surface area contributed by atoms with Crippen LogP contribution in [-0.4, -0.2) is 50.0 Å². The Kier molecular flexibility index (Phi) is 8.92. The predicted molar refractivity (Wildman–Crippen MR) is 192 cm³/mol. The van der Waals surface area contributed by atoms with Crippen molar-refractivity contribution in [3.8, 4) is 11.5 Å². The number of hydrogen-bond donors (Lipinski definition) is 2. The van der Waals surface area contributed by atoms with Gasteiger partial charge in [-0.15, -0.1) is 0 Å². The van der Waals surface area contributed by atoms with Gasteiger partial charge in [-0.2, -0.15) is 0 Å². The van der Waals surface area contributed by atoms with Crippen LogP contribution in [0.5, 0.6) is 11.5 Å². The Morgan fingerprint density at radius 2 is 1.04 bits per heavy atom. The van der Waals surface area contributed by atoms with E-state index in [9.17, 15) is 36.6 Å². The predicted octanol–water partition coefficient (Wildman–Crippen LogP) is 8.69. The zero-order valence-corrected chi connectivity index (χ0v) is 35.0. The van der Waals surface area contributed by atoms with E-state index in [4.69, 9.17) is 15.0 Å². The van der Waals surface area contributed by atoms with Crippen molar-refractivity contribution in [1.29, 1.82) is 0 Å². The molecule has 9 rings (SSSR count). The summed E-state index contributed by atoms with van der Waals surface area (Å²) in [6.07, 6.45) is -4.85. The van der Waals surface area contributed by atoms with E-state index >= 15 is 0 Å². The topological polar surface area (TPSA) is 89.9 Å². The second-order valence-electron chi connectivity index (χ2n) is 14.5. The van der Waals surface area contributed by atoms with Crippen molar-refractivity contribution in [2.75, 3.05) is 0 Å². The minimum absolute atomic E-state index is 0.00467. The molecule has 2 N–H and O–H groups in total. The molecule has 0 fully saturated rings. The Balaban J connectivity index is 0.961. The Morgan fingerprint density at radius 3 is 1.60 bits per heavy atom. The average molecular weight is 901 g/mol. The van der Waals surface area contributed by atoms with Crippen molar-refractivity contribution in [2.45, 2.75) is 57.3 Å². The van der Waals surface area contributed by atoms with E-state index in [-0.39, 0.29) is 11.5 Å². The molecule has 3 aromatic rings. The van der Waals surface area contributed by atoms with E-state index in [1.807, 2.05) is 19.1 Å². The molecule has 0 saturated carbocycles. The molecule has 6 nitrogen and oxygen atoms in total. The van der Waals surface area contributed by atoms with E-state index < -0.39 is 86.3 Å². The van der Waals surface area contributed by atoms with Gasteiger partial charge in [-0.05, 0) is 6.92 Å². The fourth-order valence-electron chi connectivity index (χ4n) is 8.16. The first-order chi connectivity index (χ1) is 26.1. The van der Waals surface area contributed by atoms with Crippen LogP contribution in [-0.2, 0) is 62.8 Å². The Hall–Kier alpha value is -3.57. The van der Waals surface area contributed by atoms with E-state index in [0.29, 0.717) is 52.9 Å². The summed E-state index contributed by atoms with van der Waals surface area (Å²) >= 11 is -2.83. The zero-order chi connectivity index (χ0) is 38.6. The van der Waals surface area contributed by atoms with Crippen LogP contribution in [0.25, 0.3) is 0 Å². The zero-order valence-electron chi connectivity index (χ0n) is 29.4. The van der Waals surface area contributed by atoms with Crippen LogP contribution in [0, 0.1) is 6.92 Å². The number of hydrogen-bond acceptors (Lipinski definition) is 6. The molecule has 0 aromatic heterocycles. The van der Waals surface area contributed by atoms with Gasteiger partial charge in [0.2, 0.25) is 0 Å². The van der Waals surface area contributed by atoms with Crippen LogP contribution >= 0.6 is 0 Å². The molecular weight excluding hydrogens is 872 g/mol. The summed E-state index contributed by atoms with van der Waals surface area (Å²) in [4.78, 5) is 19.1. The van der Waals surface area contributed by atoms with Crippen molar-refractivity contribution in [3.05, 3.63) is 134 Å². The standard InChI is InChI=1S/C41H28F6N4O2.2Y/c1-23-3-8-26(9-4-23)39(40(42,43)44,41(45,46)47)27-10-6-25(7-11-27)34-16-13-29(49-34)20-31-15-18-36(51-31)33-22-37(52)32(21-38(33)53)35-17-14-30(50-35)19-28-12-5-24(2)48-28;;/h3-4,6-11,19-22,52-53H,5,16-18H2,1-2H3;;. The van der Waals surface area contributed by atoms with Crippen LogP contribution in [0.3, 0.4) is 0 Å². The normalized spacial score (nSPS) is 18.8. The van der Waals surface area contributed by atoms with Gasteiger partial charge in [0.1, 0.15) is 0 Å². The minimum atomic E-state index is -5.66. The molecule has 6 aliphatic rings. The summed E-state index contributed by atoms with van der Waals surface area (Å²) in [5.74, 6) is 0.0272. The van der Waals surface area contributed by atoms with Gasteiger partial charge in [0.05, 0.1) is 0 Å². The summed E-state index contributed by atoms with van der Waals surface area (Å²) < 4.78 is 92.8. The molecule has 0 unspecified atom stereocenters. The van der Waals surface area contributed by atoms with E-state index in [2.05, 4.69) is 4.99 Å². The first-order valence-corrected chi connectivity index (χ1v) is 23.2. The molecule has 14 heteroatoms. The van der Waals surface area contributed by atoms with Crippen molar-refractivity contribution in [3.63, 3.8) is 0 Å². The molecular formula is C41H28F6N4O2Y2. The van der Waals surface area contributed by atoms with Crippen LogP contribution in [0.4, 0.5) is 26.3 Å². The fraction of sp³-hybridized carbons (Fsp3) is 0.220. The molecule has 0 bridgehead atoms. The van der Waals surface area contributed by atoms with Crippen LogP contribution < -0.4 is 0 Å². The molecule has 3 aromatic carbocycles. The number of phenols is 2. The maximum absolute atomic E-state index is 14.6. The van der Waals surface area contributed by atoms with Gasteiger partial charge in [0, 0.05) is 0 Å². The second kappa shape index (κ2) is 13.2. The number of phenolic OH excluding ortho intramolecular Hbond substituents is 2. The number of allylic oxidation sites excluding steroid dienone is 6. The molecule has 0 amide bonds. The first-order valence-electron chi connectivity index (χ1n) is 17.6. The number of nitrogens with zero attached hydrogens (tertiary/aromatic N) is 4. The van der Waals surface area contributed by atoms with Crippen molar-refractivity contribution < 1.29 is 93.9 Å². The Morgan fingerprint density at radius 1 is 0.564 bits per heavy atom. The first kappa shape index (κ1) is 37.0. The summed E-state index contributed by atoms with van der Waals surface area (Å²) in [7, 11) is 0. The number of alkyl halides is 6. The van der Waals surface area contributed by atoms with Crippen LogP contribution in [0.15, 0.2) is 120 Å². The van der Waals surface area contributed by atoms with E-state index in [0.717, 1.165) is 67.2 Å². The van der Waals surface area contributed by atoms with Crippen molar-refractivity contribution in [2.24, 2.45) is 20.0 Å². The number of aromatic hydroxyl groups is 2. The van der Waals surface area contributed by atoms with Gasteiger partial charge in [-0.25, -0.2) is 0 Å². The van der Waals surface area contributed by atoms with Gasteiger partial charge in [-0.3, -0.25) is 0 Å². The molecule has 0 atom stereocenters. The maximum atomic E-state index is 14.6. The van der Waals surface area contributed by atoms with Crippen LogP contribution in [0.1, 0.15) is 66.0 Å². The summed E-state index contributed by atoms with van der Waals surface area (Å²) in [5.41, 5.74) is 2.51. The summed E-state index contributed by atoms with van der Waals surface area (Å²) in [6.45, 7) is 3.64. The second-order valence-corrected chi connectivity index (χ2v) is 22.8. The number of aryl methyl sites for hydroxylation is 1. The SMILES string of the molecule is CC1=NC2=[C](C1)[Y]=[C]1CC(c3cc(O)c(C4=NC5=[C](C4)[Y]=[C]4CC(c6ccc(C(c7ccc(C)cc7)(C(F)(F)F)C(F)(F)F)cc6)=NC4=C5)cc3O)=NC1=C2. The number of rotatable bonds is 5. The Bertz CT molecular complexity index is 2570. The number of aliphatic imine (C=N–C) groups is 4. The number of halogens is 6. The van der Waals surface area contributed by atoms with Gasteiger partial charge < -0.3 is 0 Å². The number of fused-ring (bicyclic) bond motifs is 2. The monoisotopic (exact) mass is 900 g/mol. The van der Waals surface area contributed by atoms with Crippen molar-refractivity contribution in [1.82, 2.24) is 0 Å². The summed E-state index contributed by atoms with van der Waals surface area (Å²) in [5, 5.41) is 22.4. The molecule has 0 radical (unpaired) electrons. The third-order valence-electron chi connectivity index (χ3n) is 10.9. The Labute approximate surface area is 340 Å². The van der Waals surface area contributed by atoms with Gasteiger partial charge in [0.15, 0.2) is 0 Å². The van der Waals surface area contributed by atoms with Crippen molar-refractivity contribution >= 4 is 27.4 Å². The molecule has 272 valence electrons. The molecule has 55 heavy (non-hydrogen) atoms. The third kappa shape index (κ3) is 6.17. The molecule has 0 saturated heterocycles. The average Bonchev–Trinajstić information content (AvgIpc) is 3.90.